The molecule has 0 saturated carbocycles. The summed E-state index contributed by atoms with van der Waals surface area (Å²) < 4.78 is 21.4. The molecular weight excluding hydrogens is 522 g/mol. The lowest BCUT2D eigenvalue weighted by Gasteiger charge is -2.46. The van der Waals surface area contributed by atoms with E-state index in [4.69, 9.17) is 18.9 Å². The summed E-state index contributed by atoms with van der Waals surface area (Å²) in [6.07, 6.45) is -0.141. The van der Waals surface area contributed by atoms with Gasteiger partial charge in [-0.05, 0) is 6.08 Å². The Morgan fingerprint density at radius 1 is 1.23 bits per heavy atom. The molecule has 0 aromatic carbocycles. The second-order valence-electron chi connectivity index (χ2n) is 9.23. The summed E-state index contributed by atoms with van der Waals surface area (Å²) >= 11 is 0. The van der Waals surface area contributed by atoms with Gasteiger partial charge in [-0.15, -0.1) is 6.58 Å². The Morgan fingerprint density at radius 3 is 2.54 bits per heavy atom. The molecule has 0 aromatic rings. The third-order valence-corrected chi connectivity index (χ3v) is 6.68. The molecule has 1 unspecified atom stereocenters. The van der Waals surface area contributed by atoms with Gasteiger partial charge in [0.25, 0.3) is 0 Å². The lowest BCUT2D eigenvalue weighted by molar-refractivity contribution is -0.842. The molecular formula is C25H34NO13+. The second-order valence-corrected chi connectivity index (χ2v) is 9.23. The van der Waals surface area contributed by atoms with Gasteiger partial charge in [-0.1, -0.05) is 18.2 Å². The number of carbonyl (C=O) groups excluding carboxylic acids is 1. The minimum Gasteiger partial charge on any atom is -0.477 e. The van der Waals surface area contributed by atoms with Gasteiger partial charge in [0.2, 0.25) is 12.1 Å². The first kappa shape index (κ1) is 30.6. The molecule has 3 aliphatic heterocycles. The van der Waals surface area contributed by atoms with Gasteiger partial charge in [0.05, 0.1) is 38.1 Å². The largest absolute Gasteiger partial charge is 0.477 e. The highest BCUT2D eigenvalue weighted by molar-refractivity contribution is 5.90. The fraction of sp³-hybridized carbons (Fsp3) is 0.520. The van der Waals surface area contributed by atoms with Gasteiger partial charge in [-0.3, -0.25) is 0 Å². The molecule has 0 amide bonds. The predicted octanol–water partition coefficient (Wildman–Crippen LogP) is -3.70. The van der Waals surface area contributed by atoms with Crippen molar-refractivity contribution in [1.29, 1.82) is 0 Å². The summed E-state index contributed by atoms with van der Waals surface area (Å²) in [5.41, 5.74) is 0.684. The normalized spacial score (nSPS) is 34.4. The smallest absolute Gasteiger partial charge is 0.341 e. The van der Waals surface area contributed by atoms with E-state index in [0.29, 0.717) is 17.0 Å². The summed E-state index contributed by atoms with van der Waals surface area (Å²) in [5.74, 6) is -6.60. The number of aliphatic hydroxyl groups excluding tert-OH is 4. The minimum atomic E-state index is -3.08. The zero-order chi connectivity index (χ0) is 28.9. The van der Waals surface area contributed by atoms with Crippen LogP contribution < -0.4 is 4.90 Å². The van der Waals surface area contributed by atoms with E-state index < -0.39 is 67.1 Å². The van der Waals surface area contributed by atoms with E-state index in [9.17, 15) is 45.3 Å². The Balaban J connectivity index is 1.90. The second kappa shape index (κ2) is 13.0. The molecule has 0 bridgehead atoms. The van der Waals surface area contributed by atoms with E-state index >= 15 is 0 Å². The zero-order valence-corrected chi connectivity index (χ0v) is 21.1. The average Bonchev–Trinajstić information content (AvgIpc) is 2.91. The van der Waals surface area contributed by atoms with Gasteiger partial charge in [-0.25, -0.2) is 9.59 Å². The standard InChI is InChI=1S/C25H33NO13/c1-3-15-16(5-4-13-8-14(21(31)32)10-26(9-13)6-7-27)17(22(33)36-2)12-37-23(15)39-24-20(30)25(34,35)19(29)18(11-28)38-24/h3-5,8,10,12,15-16,18-20,23-24,27-30,34-35H,1,6-7,9,11H2,2H3,(H,31,32)/p+1/b5-4+/t15-,16+,18-,19-,20+,23+,24+/m1/s1. The van der Waals surface area contributed by atoms with Gasteiger partial charge in [0.1, 0.15) is 37.1 Å². The molecule has 8 atom stereocenters. The van der Waals surface area contributed by atoms with Crippen molar-refractivity contribution in [1.82, 2.24) is 0 Å². The highest BCUT2D eigenvalue weighted by Gasteiger charge is 2.56. The monoisotopic (exact) mass is 556 g/mol. The summed E-state index contributed by atoms with van der Waals surface area (Å²) in [6.45, 7) is 3.43. The molecule has 39 heavy (non-hydrogen) atoms. The van der Waals surface area contributed by atoms with Crippen LogP contribution in [0.3, 0.4) is 0 Å². The van der Waals surface area contributed by atoms with Crippen LogP contribution >= 0.6 is 0 Å². The van der Waals surface area contributed by atoms with Crippen LogP contribution in [-0.4, -0.2) is 118 Å². The summed E-state index contributed by atoms with van der Waals surface area (Å²) in [5, 5.41) is 68.8. The minimum absolute atomic E-state index is 0.0297. The summed E-state index contributed by atoms with van der Waals surface area (Å²) in [6, 6.07) is 0. The van der Waals surface area contributed by atoms with Crippen molar-refractivity contribution in [3.05, 3.63) is 60.1 Å². The Labute approximate surface area is 223 Å². The van der Waals surface area contributed by atoms with Crippen molar-refractivity contribution >= 4 is 11.9 Å². The molecule has 8 N–H and O–H groups in total. The molecule has 1 saturated heterocycles. The van der Waals surface area contributed by atoms with Crippen molar-refractivity contribution in [2.45, 2.75) is 36.7 Å². The summed E-state index contributed by atoms with van der Waals surface area (Å²) in [4.78, 5) is 24.8. The zero-order valence-electron chi connectivity index (χ0n) is 21.1. The Kier molecular flexibility index (Phi) is 10.2. The van der Waals surface area contributed by atoms with E-state index in [-0.39, 0.29) is 24.3 Å². The molecule has 3 rings (SSSR count). The number of aliphatic carboxylic acids is 1. The lowest BCUT2D eigenvalue weighted by Crippen LogP contribution is -3.08. The van der Waals surface area contributed by atoms with Crippen LogP contribution in [0.1, 0.15) is 0 Å². The number of hydrogen-bond acceptors (Lipinski definition) is 12. The average molecular weight is 557 g/mol. The predicted molar refractivity (Wildman–Crippen MR) is 129 cm³/mol. The van der Waals surface area contributed by atoms with Crippen molar-refractivity contribution in [2.24, 2.45) is 11.8 Å². The van der Waals surface area contributed by atoms with Crippen LogP contribution in [0, 0.1) is 11.8 Å². The van der Waals surface area contributed by atoms with E-state index in [1.165, 1.54) is 25.5 Å². The molecule has 14 heteroatoms. The maximum atomic E-state index is 12.5. The van der Waals surface area contributed by atoms with E-state index in [1.54, 1.807) is 12.2 Å². The molecule has 216 valence electrons. The fourth-order valence-electron chi connectivity index (χ4n) is 4.54. The topological polar surface area (TPSA) is 217 Å². The molecule has 3 aliphatic rings. The first-order valence-electron chi connectivity index (χ1n) is 12.1. The van der Waals surface area contributed by atoms with Gasteiger partial charge in [0, 0.05) is 11.5 Å². The number of esters is 1. The highest BCUT2D eigenvalue weighted by Crippen LogP contribution is 2.37. The third kappa shape index (κ3) is 6.63. The number of carbonyl (C=O) groups is 2. The number of quaternary nitrogens is 1. The van der Waals surface area contributed by atoms with Crippen LogP contribution in [0.15, 0.2) is 60.1 Å². The Morgan fingerprint density at radius 2 is 1.95 bits per heavy atom. The number of aliphatic hydroxyl groups is 6. The number of rotatable bonds is 10. The van der Waals surface area contributed by atoms with Crippen LogP contribution in [0.4, 0.5) is 0 Å². The van der Waals surface area contributed by atoms with Crippen molar-refractivity contribution in [3.8, 4) is 0 Å². The van der Waals surface area contributed by atoms with Crippen molar-refractivity contribution in [3.63, 3.8) is 0 Å². The van der Waals surface area contributed by atoms with Crippen LogP contribution in [0.5, 0.6) is 0 Å². The van der Waals surface area contributed by atoms with Crippen LogP contribution in [0.25, 0.3) is 0 Å². The Hall–Kier alpha value is -2.92. The number of nitrogens with one attached hydrogen (secondary N) is 1. The van der Waals surface area contributed by atoms with E-state index in [1.807, 2.05) is 0 Å². The van der Waals surface area contributed by atoms with Crippen molar-refractivity contribution in [2.75, 3.05) is 33.4 Å². The number of carboxylic acid groups (broad SMARTS) is 1. The molecule has 0 aromatic heterocycles. The maximum absolute atomic E-state index is 12.5. The van der Waals surface area contributed by atoms with Crippen LogP contribution in [0.2, 0.25) is 0 Å². The number of methoxy groups -OCH3 is 1. The van der Waals surface area contributed by atoms with Gasteiger partial charge >= 0.3 is 11.9 Å². The molecule has 3 heterocycles. The number of ether oxygens (including phenoxy) is 4. The highest BCUT2D eigenvalue weighted by atomic mass is 16.8. The SMILES string of the molecule is C=C[C@H]1[C@H](O[C@@H]2O[C@H](CO)[C@@H](O)C(O)(O)[C@H]2O)OC=C(C(=O)OC)[C@H]1/C=C/C1=CC(C(=O)O)=C[NH+](CCO)C1. The number of hydrogen-bond donors (Lipinski definition) is 8. The van der Waals surface area contributed by atoms with Crippen LogP contribution in [-0.2, 0) is 28.5 Å². The Bertz CT molecular complexity index is 1050. The van der Waals surface area contributed by atoms with E-state index in [2.05, 4.69) is 6.58 Å². The van der Waals surface area contributed by atoms with E-state index in [0.717, 1.165) is 6.26 Å². The number of allylic oxidation sites excluding steroid dienone is 1. The first-order valence-corrected chi connectivity index (χ1v) is 12.1. The van der Waals surface area contributed by atoms with Gasteiger partial charge < -0.3 is 59.6 Å². The maximum Gasteiger partial charge on any atom is 0.341 e. The number of carboxylic acids is 1. The molecule has 0 radical (unpaired) electrons. The molecule has 14 nitrogen and oxygen atoms in total. The quantitative estimate of drug-likeness (QED) is 0.0739. The summed E-state index contributed by atoms with van der Waals surface area (Å²) in [7, 11) is 1.17. The van der Waals surface area contributed by atoms with Crippen molar-refractivity contribution < 1.29 is 69.2 Å². The first-order chi connectivity index (χ1) is 18.5. The molecule has 0 aliphatic carbocycles. The lowest BCUT2D eigenvalue weighted by atomic mass is 9.83. The fourth-order valence-corrected chi connectivity index (χ4v) is 4.54. The van der Waals surface area contributed by atoms with Gasteiger partial charge in [-0.2, -0.15) is 0 Å². The molecule has 1 fully saturated rings. The third-order valence-electron chi connectivity index (χ3n) is 6.68. The molecule has 0 spiro atoms. The van der Waals surface area contributed by atoms with Gasteiger partial charge in [0.15, 0.2) is 12.4 Å².